The van der Waals surface area contributed by atoms with Gasteiger partial charge in [-0.2, -0.15) is 0 Å². The van der Waals surface area contributed by atoms with Crippen molar-refractivity contribution in [3.8, 4) is 0 Å². The number of fused-ring (bicyclic) bond motifs is 1. The van der Waals surface area contributed by atoms with Crippen LogP contribution in [-0.2, 0) is 0 Å². The lowest BCUT2D eigenvalue weighted by atomic mass is 10.1. The molecule has 1 aliphatic heterocycles. The lowest BCUT2D eigenvalue weighted by molar-refractivity contribution is 0.736. The van der Waals surface area contributed by atoms with Crippen LogP contribution in [0.5, 0.6) is 0 Å². The highest BCUT2D eigenvalue weighted by molar-refractivity contribution is 9.10. The van der Waals surface area contributed by atoms with Gasteiger partial charge in [-0.1, -0.05) is 15.9 Å². The highest BCUT2D eigenvalue weighted by Gasteiger charge is 2.19. The average Bonchev–Trinajstić information content (AvgIpc) is 2.07. The van der Waals surface area contributed by atoms with Crippen molar-refractivity contribution < 1.29 is 0 Å². The van der Waals surface area contributed by atoms with Gasteiger partial charge in [0, 0.05) is 24.1 Å². The SMILES string of the molecule is Cc1cc(Br)cc2c1NC(C)CN2C. The van der Waals surface area contributed by atoms with Crippen molar-refractivity contribution in [2.45, 2.75) is 19.9 Å². The van der Waals surface area contributed by atoms with Gasteiger partial charge in [-0.15, -0.1) is 0 Å². The third-order valence-corrected chi connectivity index (χ3v) is 3.09. The molecule has 1 atom stereocenters. The zero-order valence-electron chi connectivity index (χ0n) is 8.76. The zero-order valence-corrected chi connectivity index (χ0v) is 10.4. The summed E-state index contributed by atoms with van der Waals surface area (Å²) in [5.74, 6) is 0. The molecule has 0 fully saturated rings. The Bertz CT molecular complexity index is 363. The van der Waals surface area contributed by atoms with Gasteiger partial charge < -0.3 is 10.2 Å². The van der Waals surface area contributed by atoms with Crippen molar-refractivity contribution >= 4 is 27.3 Å². The van der Waals surface area contributed by atoms with Crippen molar-refractivity contribution in [2.75, 3.05) is 23.8 Å². The van der Waals surface area contributed by atoms with Gasteiger partial charge in [-0.25, -0.2) is 0 Å². The molecule has 2 rings (SSSR count). The Balaban J connectivity index is 2.53. The van der Waals surface area contributed by atoms with E-state index in [4.69, 9.17) is 0 Å². The van der Waals surface area contributed by atoms with E-state index < -0.39 is 0 Å². The number of likely N-dealkylation sites (N-methyl/N-ethyl adjacent to an activating group) is 1. The van der Waals surface area contributed by atoms with E-state index in [1.807, 2.05) is 0 Å². The van der Waals surface area contributed by atoms with Crippen molar-refractivity contribution in [3.05, 3.63) is 22.2 Å². The molecule has 0 amide bonds. The summed E-state index contributed by atoms with van der Waals surface area (Å²) >= 11 is 3.53. The molecule has 76 valence electrons. The molecule has 1 aromatic rings. The second kappa shape index (κ2) is 3.46. The summed E-state index contributed by atoms with van der Waals surface area (Å²) in [5, 5.41) is 3.52. The molecule has 0 aromatic heterocycles. The Morgan fingerprint density at radius 2 is 2.21 bits per heavy atom. The van der Waals surface area contributed by atoms with Crippen molar-refractivity contribution in [1.82, 2.24) is 0 Å². The number of rotatable bonds is 0. The Morgan fingerprint density at radius 3 is 2.93 bits per heavy atom. The number of hydrogen-bond acceptors (Lipinski definition) is 2. The average molecular weight is 255 g/mol. The van der Waals surface area contributed by atoms with Crippen LogP contribution in [0.2, 0.25) is 0 Å². The van der Waals surface area contributed by atoms with Crippen LogP contribution in [0.25, 0.3) is 0 Å². The molecular formula is C11H15BrN2. The summed E-state index contributed by atoms with van der Waals surface area (Å²) in [5.41, 5.74) is 3.86. The predicted octanol–water partition coefficient (Wildman–Crippen LogP) is 3.01. The van der Waals surface area contributed by atoms with Crippen LogP contribution in [0.15, 0.2) is 16.6 Å². The molecule has 0 radical (unpaired) electrons. The van der Waals surface area contributed by atoms with Gasteiger partial charge >= 0.3 is 0 Å². The number of hydrogen-bond donors (Lipinski definition) is 1. The lowest BCUT2D eigenvalue weighted by Crippen LogP contribution is -2.37. The maximum Gasteiger partial charge on any atom is 0.0614 e. The van der Waals surface area contributed by atoms with Crippen LogP contribution >= 0.6 is 15.9 Å². The number of aryl methyl sites for hydroxylation is 1. The summed E-state index contributed by atoms with van der Waals surface area (Å²) in [6.07, 6.45) is 0. The first-order valence-corrected chi connectivity index (χ1v) is 5.65. The molecule has 0 bridgehead atoms. The molecule has 1 N–H and O–H groups in total. The standard InChI is InChI=1S/C11H15BrN2/c1-7-4-9(12)5-10-11(7)13-8(2)6-14(10)3/h4-5,8,13H,6H2,1-3H3. The van der Waals surface area contributed by atoms with Gasteiger partial charge in [0.2, 0.25) is 0 Å². The van der Waals surface area contributed by atoms with E-state index in [0.717, 1.165) is 11.0 Å². The molecule has 2 nitrogen and oxygen atoms in total. The third kappa shape index (κ3) is 1.61. The second-order valence-corrected chi connectivity index (χ2v) is 4.96. The van der Waals surface area contributed by atoms with Crippen LogP contribution < -0.4 is 10.2 Å². The highest BCUT2D eigenvalue weighted by Crippen LogP contribution is 2.35. The largest absolute Gasteiger partial charge is 0.379 e. The van der Waals surface area contributed by atoms with E-state index in [0.29, 0.717) is 6.04 Å². The highest BCUT2D eigenvalue weighted by atomic mass is 79.9. The predicted molar refractivity (Wildman–Crippen MR) is 65.2 cm³/mol. The first-order chi connectivity index (χ1) is 6.58. The van der Waals surface area contributed by atoms with Gasteiger partial charge in [-0.3, -0.25) is 0 Å². The smallest absolute Gasteiger partial charge is 0.0614 e. The van der Waals surface area contributed by atoms with Crippen LogP contribution in [0, 0.1) is 6.92 Å². The van der Waals surface area contributed by atoms with E-state index in [1.165, 1.54) is 16.9 Å². The normalized spacial score (nSPS) is 20.3. The maximum atomic E-state index is 3.53. The Kier molecular flexibility index (Phi) is 2.43. The van der Waals surface area contributed by atoms with Crippen molar-refractivity contribution in [2.24, 2.45) is 0 Å². The monoisotopic (exact) mass is 254 g/mol. The van der Waals surface area contributed by atoms with E-state index in [9.17, 15) is 0 Å². The van der Waals surface area contributed by atoms with E-state index in [2.05, 4.69) is 59.2 Å². The first kappa shape index (κ1) is 9.84. The van der Waals surface area contributed by atoms with E-state index in [-0.39, 0.29) is 0 Å². The number of nitrogens with zero attached hydrogens (tertiary/aromatic N) is 1. The molecule has 0 aliphatic carbocycles. The molecule has 1 aromatic carbocycles. The number of anilines is 2. The molecule has 0 spiro atoms. The summed E-state index contributed by atoms with van der Waals surface area (Å²) in [7, 11) is 2.14. The van der Waals surface area contributed by atoms with Gasteiger partial charge in [0.05, 0.1) is 11.4 Å². The third-order valence-electron chi connectivity index (χ3n) is 2.63. The lowest BCUT2D eigenvalue weighted by Gasteiger charge is -2.34. The Hall–Kier alpha value is -0.700. The minimum absolute atomic E-state index is 0.521. The minimum Gasteiger partial charge on any atom is -0.379 e. The fraction of sp³-hybridized carbons (Fsp3) is 0.455. The second-order valence-electron chi connectivity index (χ2n) is 4.04. The van der Waals surface area contributed by atoms with E-state index in [1.54, 1.807) is 0 Å². The Morgan fingerprint density at radius 1 is 1.50 bits per heavy atom. The number of benzene rings is 1. The summed E-state index contributed by atoms with van der Waals surface area (Å²) < 4.78 is 1.15. The Labute approximate surface area is 93.4 Å². The summed E-state index contributed by atoms with van der Waals surface area (Å²) in [6, 6.07) is 4.84. The van der Waals surface area contributed by atoms with E-state index >= 15 is 0 Å². The molecule has 3 heteroatoms. The van der Waals surface area contributed by atoms with Crippen molar-refractivity contribution in [3.63, 3.8) is 0 Å². The van der Waals surface area contributed by atoms with Crippen LogP contribution in [0.4, 0.5) is 11.4 Å². The summed E-state index contributed by atoms with van der Waals surface area (Å²) in [4.78, 5) is 2.30. The fourth-order valence-corrected chi connectivity index (χ4v) is 2.58. The molecule has 0 saturated heterocycles. The zero-order chi connectivity index (χ0) is 10.3. The molecule has 1 unspecified atom stereocenters. The van der Waals surface area contributed by atoms with Crippen molar-refractivity contribution in [1.29, 1.82) is 0 Å². The van der Waals surface area contributed by atoms with Crippen LogP contribution in [0.3, 0.4) is 0 Å². The number of nitrogens with one attached hydrogen (secondary N) is 1. The quantitative estimate of drug-likeness (QED) is 0.766. The first-order valence-electron chi connectivity index (χ1n) is 4.86. The van der Waals surface area contributed by atoms with Gasteiger partial charge in [0.1, 0.15) is 0 Å². The van der Waals surface area contributed by atoms with Gasteiger partial charge in [0.25, 0.3) is 0 Å². The molecule has 1 aliphatic rings. The maximum absolute atomic E-state index is 3.53. The van der Waals surface area contributed by atoms with Crippen LogP contribution in [0.1, 0.15) is 12.5 Å². The van der Waals surface area contributed by atoms with Gasteiger partial charge in [-0.05, 0) is 31.5 Å². The summed E-state index contributed by atoms with van der Waals surface area (Å²) in [6.45, 7) is 5.41. The molecule has 14 heavy (non-hydrogen) atoms. The number of halogens is 1. The fourth-order valence-electron chi connectivity index (χ4n) is 2.02. The van der Waals surface area contributed by atoms with Gasteiger partial charge in [0.15, 0.2) is 0 Å². The molecule has 1 heterocycles. The minimum atomic E-state index is 0.521. The molecular weight excluding hydrogens is 240 g/mol. The topological polar surface area (TPSA) is 15.3 Å². The van der Waals surface area contributed by atoms with Crippen LogP contribution in [-0.4, -0.2) is 19.6 Å². The molecule has 0 saturated carbocycles.